The minimum Gasteiger partial charge on any atom is -0.311 e. The molecule has 3 heterocycles. The molecule has 0 aromatic carbocycles. The van der Waals surface area contributed by atoms with Gasteiger partial charge in [-0.05, 0) is 25.2 Å². The molecule has 4 nitrogen and oxygen atoms in total. The van der Waals surface area contributed by atoms with Gasteiger partial charge in [0.15, 0.2) is 4.96 Å². The molecule has 1 aliphatic heterocycles. The van der Waals surface area contributed by atoms with Gasteiger partial charge in [0.1, 0.15) is 0 Å². The van der Waals surface area contributed by atoms with Crippen LogP contribution in [0.1, 0.15) is 38.3 Å². The number of aromatic nitrogens is 2. The molecule has 1 aliphatic carbocycles. The first-order chi connectivity index (χ1) is 10.3. The Bertz CT molecular complexity index is 572. The van der Waals surface area contributed by atoms with E-state index in [2.05, 4.69) is 39.3 Å². The fourth-order valence-electron chi connectivity index (χ4n) is 3.57. The van der Waals surface area contributed by atoms with Crippen LogP contribution in [-0.4, -0.2) is 39.5 Å². The lowest BCUT2D eigenvalue weighted by Crippen LogP contribution is -2.56. The molecule has 0 radical (unpaired) electrons. The molecule has 1 N–H and O–H groups in total. The van der Waals surface area contributed by atoms with Crippen LogP contribution in [-0.2, 0) is 6.54 Å². The average molecular weight is 304 g/mol. The third-order valence-electron chi connectivity index (χ3n) is 4.88. The minimum absolute atomic E-state index is 0.671. The van der Waals surface area contributed by atoms with Crippen LogP contribution in [0.25, 0.3) is 4.96 Å². The first-order valence-corrected chi connectivity index (χ1v) is 9.10. The molecule has 0 bridgehead atoms. The normalized spacial score (nSPS) is 27.5. The first kappa shape index (κ1) is 13.7. The summed E-state index contributed by atoms with van der Waals surface area (Å²) in [6.45, 7) is 5.64. The van der Waals surface area contributed by atoms with E-state index in [-0.39, 0.29) is 0 Å². The maximum Gasteiger partial charge on any atom is 0.193 e. The van der Waals surface area contributed by atoms with E-state index in [0.29, 0.717) is 12.1 Å². The number of imidazole rings is 1. The lowest BCUT2D eigenvalue weighted by molar-refractivity contribution is 0.107. The molecule has 4 rings (SSSR count). The summed E-state index contributed by atoms with van der Waals surface area (Å²) in [7, 11) is 0. The van der Waals surface area contributed by atoms with E-state index in [4.69, 9.17) is 4.98 Å². The molecular formula is C16H24N4S. The molecule has 21 heavy (non-hydrogen) atoms. The quantitative estimate of drug-likeness (QED) is 0.922. The van der Waals surface area contributed by atoms with E-state index < -0.39 is 0 Å². The molecule has 2 aromatic rings. The summed E-state index contributed by atoms with van der Waals surface area (Å²) < 4.78 is 2.15. The van der Waals surface area contributed by atoms with Gasteiger partial charge in [-0.1, -0.05) is 13.3 Å². The Labute approximate surface area is 130 Å². The van der Waals surface area contributed by atoms with Gasteiger partial charge in [-0.2, -0.15) is 0 Å². The highest BCUT2D eigenvalue weighted by atomic mass is 32.1. The van der Waals surface area contributed by atoms with E-state index in [1.54, 1.807) is 11.3 Å². The number of hydrogen-bond acceptors (Lipinski definition) is 4. The van der Waals surface area contributed by atoms with Gasteiger partial charge in [-0.25, -0.2) is 4.98 Å². The van der Waals surface area contributed by atoms with Gasteiger partial charge in [-0.3, -0.25) is 9.30 Å². The highest BCUT2D eigenvalue weighted by Crippen LogP contribution is 2.34. The molecule has 2 unspecified atom stereocenters. The molecule has 1 saturated carbocycles. The standard InChI is InChI=1S/C16H24N4S/c1-2-3-14-8-17-15(12-4-5-12)11-20(14)10-13-9-19-6-7-21-16(19)18-13/h6-7,9,12,14-15,17H,2-5,8,10-11H2,1H3. The van der Waals surface area contributed by atoms with Crippen molar-refractivity contribution >= 4 is 16.3 Å². The zero-order chi connectivity index (χ0) is 14.2. The lowest BCUT2D eigenvalue weighted by atomic mass is 10.0. The SMILES string of the molecule is CCCC1CNC(C2CC2)CN1Cc1cn2ccsc2n1. The molecule has 2 aliphatic rings. The smallest absolute Gasteiger partial charge is 0.193 e. The van der Waals surface area contributed by atoms with Crippen molar-refractivity contribution in [3.05, 3.63) is 23.5 Å². The number of nitrogens with zero attached hydrogens (tertiary/aromatic N) is 3. The third kappa shape index (κ3) is 2.87. The highest BCUT2D eigenvalue weighted by molar-refractivity contribution is 7.15. The topological polar surface area (TPSA) is 32.6 Å². The second-order valence-corrected chi connectivity index (χ2v) is 7.42. The molecule has 2 fully saturated rings. The Morgan fingerprint density at radius 1 is 1.43 bits per heavy atom. The van der Waals surface area contributed by atoms with Gasteiger partial charge in [0.2, 0.25) is 0 Å². The van der Waals surface area contributed by atoms with Crippen LogP contribution < -0.4 is 5.32 Å². The van der Waals surface area contributed by atoms with Crippen LogP contribution in [0, 0.1) is 5.92 Å². The molecule has 114 valence electrons. The van der Waals surface area contributed by atoms with Crippen molar-refractivity contribution in [1.29, 1.82) is 0 Å². The van der Waals surface area contributed by atoms with E-state index in [0.717, 1.165) is 24.0 Å². The average Bonchev–Trinajstić information content (AvgIpc) is 3.12. The summed E-state index contributed by atoms with van der Waals surface area (Å²) >= 11 is 1.72. The number of nitrogens with one attached hydrogen (secondary N) is 1. The van der Waals surface area contributed by atoms with Crippen molar-refractivity contribution in [1.82, 2.24) is 19.6 Å². The molecular weight excluding hydrogens is 280 g/mol. The van der Waals surface area contributed by atoms with Gasteiger partial charge in [0.05, 0.1) is 5.69 Å². The third-order valence-corrected chi connectivity index (χ3v) is 5.66. The van der Waals surface area contributed by atoms with Gasteiger partial charge < -0.3 is 5.32 Å². The fourth-order valence-corrected chi connectivity index (χ4v) is 4.29. The van der Waals surface area contributed by atoms with Crippen LogP contribution in [0.3, 0.4) is 0 Å². The summed E-state index contributed by atoms with van der Waals surface area (Å²) in [5.41, 5.74) is 1.22. The maximum atomic E-state index is 4.77. The van der Waals surface area contributed by atoms with Crippen LogP contribution in [0.2, 0.25) is 0 Å². The van der Waals surface area contributed by atoms with Gasteiger partial charge >= 0.3 is 0 Å². The fraction of sp³-hybridized carbons (Fsp3) is 0.688. The molecule has 1 saturated heterocycles. The summed E-state index contributed by atoms with van der Waals surface area (Å²) in [6, 6.07) is 1.38. The number of thiazole rings is 1. The predicted octanol–water partition coefficient (Wildman–Crippen LogP) is 2.75. The van der Waals surface area contributed by atoms with E-state index >= 15 is 0 Å². The van der Waals surface area contributed by atoms with E-state index in [1.165, 1.54) is 37.9 Å². The summed E-state index contributed by atoms with van der Waals surface area (Å²) in [5.74, 6) is 0.931. The van der Waals surface area contributed by atoms with Gasteiger partial charge in [0.25, 0.3) is 0 Å². The number of hydrogen-bond donors (Lipinski definition) is 1. The largest absolute Gasteiger partial charge is 0.311 e. The summed E-state index contributed by atoms with van der Waals surface area (Å²) in [4.78, 5) is 8.56. The zero-order valence-electron chi connectivity index (χ0n) is 12.7. The molecule has 2 aromatic heterocycles. The second kappa shape index (κ2) is 5.71. The van der Waals surface area contributed by atoms with E-state index in [1.807, 2.05) is 0 Å². The van der Waals surface area contributed by atoms with Gasteiger partial charge in [-0.15, -0.1) is 11.3 Å². The first-order valence-electron chi connectivity index (χ1n) is 8.22. The Morgan fingerprint density at radius 2 is 2.33 bits per heavy atom. The van der Waals surface area contributed by atoms with Crippen LogP contribution in [0.4, 0.5) is 0 Å². The predicted molar refractivity (Wildman–Crippen MR) is 86.7 cm³/mol. The number of rotatable bonds is 5. The Balaban J connectivity index is 1.49. The van der Waals surface area contributed by atoms with Crippen molar-refractivity contribution in [2.75, 3.05) is 13.1 Å². The summed E-state index contributed by atoms with van der Waals surface area (Å²) in [5, 5.41) is 5.89. The molecule has 2 atom stereocenters. The van der Waals surface area contributed by atoms with Crippen molar-refractivity contribution in [3.8, 4) is 0 Å². The molecule has 5 heteroatoms. The maximum absolute atomic E-state index is 4.77. The second-order valence-electron chi connectivity index (χ2n) is 6.55. The van der Waals surface area contributed by atoms with E-state index in [9.17, 15) is 0 Å². The van der Waals surface area contributed by atoms with Crippen molar-refractivity contribution in [2.45, 2.75) is 51.2 Å². The van der Waals surface area contributed by atoms with Crippen molar-refractivity contribution in [2.24, 2.45) is 5.92 Å². The zero-order valence-corrected chi connectivity index (χ0v) is 13.5. The molecule has 0 spiro atoms. The van der Waals surface area contributed by atoms with Crippen LogP contribution in [0.15, 0.2) is 17.8 Å². The number of fused-ring (bicyclic) bond motifs is 1. The Hall–Kier alpha value is -0.910. The number of piperazine rings is 1. The summed E-state index contributed by atoms with van der Waals surface area (Å²) in [6.07, 6.45) is 9.68. The van der Waals surface area contributed by atoms with Crippen LogP contribution in [0.5, 0.6) is 0 Å². The Kier molecular flexibility index (Phi) is 3.73. The minimum atomic E-state index is 0.671. The van der Waals surface area contributed by atoms with Crippen molar-refractivity contribution < 1.29 is 0 Å². The monoisotopic (exact) mass is 304 g/mol. The Morgan fingerprint density at radius 3 is 3.10 bits per heavy atom. The van der Waals surface area contributed by atoms with Gasteiger partial charge in [0, 0.05) is 49.5 Å². The highest BCUT2D eigenvalue weighted by Gasteiger charge is 2.37. The van der Waals surface area contributed by atoms with Crippen molar-refractivity contribution in [3.63, 3.8) is 0 Å². The van der Waals surface area contributed by atoms with Crippen LogP contribution >= 0.6 is 11.3 Å². The lowest BCUT2D eigenvalue weighted by Gasteiger charge is -2.40. The molecule has 0 amide bonds.